The van der Waals surface area contributed by atoms with Gasteiger partial charge in [0.2, 0.25) is 5.89 Å². The van der Waals surface area contributed by atoms with E-state index in [1.807, 2.05) is 11.6 Å². The first kappa shape index (κ1) is 14.2. The minimum absolute atomic E-state index is 0.0471. The number of rotatable bonds is 3. The quantitative estimate of drug-likeness (QED) is 0.857. The minimum Gasteiger partial charge on any atom is -0.339 e. The summed E-state index contributed by atoms with van der Waals surface area (Å²) >= 11 is 0. The molecular formula is C14H22N6O. The highest BCUT2D eigenvalue weighted by atomic mass is 16.5. The summed E-state index contributed by atoms with van der Waals surface area (Å²) in [6, 6.07) is 0. The van der Waals surface area contributed by atoms with Gasteiger partial charge in [-0.05, 0) is 40.7 Å². The molecule has 0 radical (unpaired) electrons. The predicted molar refractivity (Wildman–Crippen MR) is 76.7 cm³/mol. The highest BCUT2D eigenvalue weighted by Crippen LogP contribution is 2.27. The molecule has 2 aromatic heterocycles. The lowest BCUT2D eigenvalue weighted by Gasteiger charge is -2.23. The number of nitrogens with zero attached hydrogens (tertiary/aromatic N) is 6. The summed E-state index contributed by atoms with van der Waals surface area (Å²) < 4.78 is 7.29. The summed E-state index contributed by atoms with van der Waals surface area (Å²) in [4.78, 5) is 11.1. The molecule has 1 saturated heterocycles. The number of hydrogen-bond donors (Lipinski definition) is 0. The Morgan fingerprint density at radius 1 is 1.38 bits per heavy atom. The van der Waals surface area contributed by atoms with Crippen LogP contribution in [0.4, 0.5) is 0 Å². The lowest BCUT2D eigenvalue weighted by atomic mass is 10.1. The van der Waals surface area contributed by atoms with Crippen molar-refractivity contribution in [1.29, 1.82) is 0 Å². The van der Waals surface area contributed by atoms with E-state index in [-0.39, 0.29) is 5.54 Å². The van der Waals surface area contributed by atoms with E-state index in [1.54, 1.807) is 6.33 Å². The molecule has 7 nitrogen and oxygen atoms in total. The van der Waals surface area contributed by atoms with Crippen molar-refractivity contribution in [3.8, 4) is 0 Å². The van der Waals surface area contributed by atoms with Crippen molar-refractivity contribution in [3.05, 3.63) is 23.9 Å². The van der Waals surface area contributed by atoms with Gasteiger partial charge in [-0.3, -0.25) is 4.90 Å². The van der Waals surface area contributed by atoms with Crippen LogP contribution in [0, 0.1) is 6.92 Å². The van der Waals surface area contributed by atoms with Gasteiger partial charge in [-0.2, -0.15) is 10.1 Å². The standard InChI is InChI=1S/C14H22N6O/c1-10-17-13(21-18-10)11-5-6-19(7-11)8-12-15-9-16-20(12)14(2,3)4/h9,11H,5-8H2,1-4H3/t11-/m1/s1. The van der Waals surface area contributed by atoms with Crippen molar-refractivity contribution < 1.29 is 4.52 Å². The van der Waals surface area contributed by atoms with Crippen LogP contribution in [-0.4, -0.2) is 42.9 Å². The van der Waals surface area contributed by atoms with Gasteiger partial charge in [-0.15, -0.1) is 0 Å². The summed E-state index contributed by atoms with van der Waals surface area (Å²) in [5.41, 5.74) is -0.0471. The fourth-order valence-electron chi connectivity index (χ4n) is 2.79. The third-order valence-corrected chi connectivity index (χ3v) is 3.78. The maximum Gasteiger partial charge on any atom is 0.231 e. The Labute approximate surface area is 124 Å². The van der Waals surface area contributed by atoms with Gasteiger partial charge in [-0.1, -0.05) is 5.16 Å². The number of aryl methyl sites for hydroxylation is 1. The third kappa shape index (κ3) is 2.97. The summed E-state index contributed by atoms with van der Waals surface area (Å²) in [6.07, 6.45) is 2.68. The van der Waals surface area contributed by atoms with E-state index in [1.165, 1.54) is 0 Å². The van der Waals surface area contributed by atoms with Crippen LogP contribution in [0.3, 0.4) is 0 Å². The van der Waals surface area contributed by atoms with E-state index in [4.69, 9.17) is 4.52 Å². The number of likely N-dealkylation sites (tertiary alicyclic amines) is 1. The van der Waals surface area contributed by atoms with Crippen molar-refractivity contribution in [2.45, 2.75) is 52.1 Å². The van der Waals surface area contributed by atoms with Gasteiger partial charge >= 0.3 is 0 Å². The Morgan fingerprint density at radius 3 is 2.86 bits per heavy atom. The second-order valence-corrected chi connectivity index (χ2v) is 6.66. The van der Waals surface area contributed by atoms with Gasteiger partial charge in [0.05, 0.1) is 18.0 Å². The zero-order chi connectivity index (χ0) is 15.0. The molecule has 3 heterocycles. The highest BCUT2D eigenvalue weighted by Gasteiger charge is 2.29. The Morgan fingerprint density at radius 2 is 2.19 bits per heavy atom. The molecule has 0 aromatic carbocycles. The zero-order valence-corrected chi connectivity index (χ0v) is 13.1. The average Bonchev–Trinajstić information content (AvgIpc) is 3.08. The Kier molecular flexibility index (Phi) is 3.52. The molecule has 3 rings (SSSR count). The first-order valence-electron chi connectivity index (χ1n) is 7.35. The maximum atomic E-state index is 5.29. The van der Waals surface area contributed by atoms with Gasteiger partial charge in [0.1, 0.15) is 12.2 Å². The topological polar surface area (TPSA) is 72.9 Å². The van der Waals surface area contributed by atoms with Crippen molar-refractivity contribution in [2.75, 3.05) is 13.1 Å². The Bertz CT molecular complexity index is 611. The smallest absolute Gasteiger partial charge is 0.231 e. The lowest BCUT2D eigenvalue weighted by molar-refractivity contribution is 0.273. The van der Waals surface area contributed by atoms with E-state index < -0.39 is 0 Å². The molecule has 114 valence electrons. The third-order valence-electron chi connectivity index (χ3n) is 3.78. The SMILES string of the molecule is Cc1noc([C@@H]2CCN(Cc3ncnn3C(C)(C)C)C2)n1. The van der Waals surface area contributed by atoms with Crippen LogP contribution in [0.25, 0.3) is 0 Å². The molecule has 7 heteroatoms. The normalized spacial score (nSPS) is 20.3. The molecular weight excluding hydrogens is 268 g/mol. The average molecular weight is 290 g/mol. The van der Waals surface area contributed by atoms with Crippen molar-refractivity contribution in [3.63, 3.8) is 0 Å². The summed E-state index contributed by atoms with van der Waals surface area (Å²) in [5, 5.41) is 8.23. The van der Waals surface area contributed by atoms with Crippen LogP contribution in [-0.2, 0) is 12.1 Å². The Balaban J connectivity index is 1.67. The van der Waals surface area contributed by atoms with E-state index in [9.17, 15) is 0 Å². The molecule has 0 unspecified atom stereocenters. The molecule has 1 fully saturated rings. The van der Waals surface area contributed by atoms with Crippen LogP contribution in [0.2, 0.25) is 0 Å². The minimum atomic E-state index is -0.0471. The van der Waals surface area contributed by atoms with E-state index in [2.05, 4.69) is 45.9 Å². The van der Waals surface area contributed by atoms with Gasteiger partial charge in [0, 0.05) is 6.54 Å². The number of hydrogen-bond acceptors (Lipinski definition) is 6. The summed E-state index contributed by atoms with van der Waals surface area (Å²) in [7, 11) is 0. The van der Waals surface area contributed by atoms with E-state index in [0.29, 0.717) is 11.7 Å². The number of aromatic nitrogens is 5. The molecule has 0 aliphatic carbocycles. The van der Waals surface area contributed by atoms with Crippen LogP contribution in [0.1, 0.15) is 50.6 Å². The second-order valence-electron chi connectivity index (χ2n) is 6.66. The molecule has 0 spiro atoms. The van der Waals surface area contributed by atoms with Gasteiger partial charge in [0.15, 0.2) is 5.82 Å². The fourth-order valence-corrected chi connectivity index (χ4v) is 2.79. The predicted octanol–water partition coefficient (Wildman–Crippen LogP) is 1.71. The van der Waals surface area contributed by atoms with Crippen LogP contribution < -0.4 is 0 Å². The highest BCUT2D eigenvalue weighted by molar-refractivity contribution is 4.99. The largest absolute Gasteiger partial charge is 0.339 e. The van der Waals surface area contributed by atoms with Gasteiger partial charge < -0.3 is 4.52 Å². The zero-order valence-electron chi connectivity index (χ0n) is 13.1. The summed E-state index contributed by atoms with van der Waals surface area (Å²) in [6.45, 7) is 11.0. The molecule has 0 saturated carbocycles. The van der Waals surface area contributed by atoms with Crippen molar-refractivity contribution in [2.24, 2.45) is 0 Å². The first-order chi connectivity index (χ1) is 9.93. The molecule has 0 amide bonds. The van der Waals surface area contributed by atoms with Crippen LogP contribution >= 0.6 is 0 Å². The molecule has 1 aliphatic heterocycles. The fraction of sp³-hybridized carbons (Fsp3) is 0.714. The van der Waals surface area contributed by atoms with Crippen molar-refractivity contribution >= 4 is 0 Å². The molecule has 1 aliphatic rings. The molecule has 0 N–H and O–H groups in total. The van der Waals surface area contributed by atoms with Crippen molar-refractivity contribution in [1.82, 2.24) is 29.8 Å². The van der Waals surface area contributed by atoms with Crippen LogP contribution in [0.15, 0.2) is 10.9 Å². The monoisotopic (exact) mass is 290 g/mol. The Hall–Kier alpha value is -1.76. The second kappa shape index (κ2) is 5.22. The van der Waals surface area contributed by atoms with E-state index >= 15 is 0 Å². The summed E-state index contributed by atoms with van der Waals surface area (Å²) in [5.74, 6) is 2.80. The van der Waals surface area contributed by atoms with E-state index in [0.717, 1.165) is 37.8 Å². The first-order valence-corrected chi connectivity index (χ1v) is 7.35. The molecule has 2 aromatic rings. The van der Waals surface area contributed by atoms with Gasteiger partial charge in [0.25, 0.3) is 0 Å². The molecule has 1 atom stereocenters. The van der Waals surface area contributed by atoms with Crippen LogP contribution in [0.5, 0.6) is 0 Å². The maximum absolute atomic E-state index is 5.29. The molecule has 0 bridgehead atoms. The van der Waals surface area contributed by atoms with Gasteiger partial charge in [-0.25, -0.2) is 9.67 Å². The lowest BCUT2D eigenvalue weighted by Crippen LogP contribution is -2.29. The molecule has 21 heavy (non-hydrogen) atoms.